The van der Waals surface area contributed by atoms with Crippen LogP contribution in [0.3, 0.4) is 0 Å². The Morgan fingerprint density at radius 1 is 1.06 bits per heavy atom. The number of furan rings is 1. The third-order valence-electron chi connectivity index (χ3n) is 5.21. The quantitative estimate of drug-likeness (QED) is 0.250. The lowest BCUT2D eigenvalue weighted by Crippen LogP contribution is -2.30. The zero-order chi connectivity index (χ0) is 25.7. The Hall–Kier alpha value is -4.24. The standard InChI is InChI=1S/C26H23ClN2O7/c1-3-34-23-13-17(6-10-21(23)35-15-16-4-7-18(27)8-5-16)12-20-24(30)29(26(32)28-20)14-19-9-11-22(36-19)25(31)33-2/h4-13H,3,14-15H2,1-2H3,(H,28,32)/b20-12-. The summed E-state index contributed by atoms with van der Waals surface area (Å²) in [6.45, 7) is 2.46. The Bertz CT molecular complexity index is 1310. The number of imide groups is 1. The van der Waals surface area contributed by atoms with Crippen molar-refractivity contribution in [1.29, 1.82) is 0 Å². The van der Waals surface area contributed by atoms with Crippen molar-refractivity contribution >= 4 is 35.6 Å². The highest BCUT2D eigenvalue weighted by Crippen LogP contribution is 2.31. The molecule has 1 aliphatic heterocycles. The summed E-state index contributed by atoms with van der Waals surface area (Å²) >= 11 is 5.93. The number of hydrogen-bond donors (Lipinski definition) is 1. The molecule has 4 rings (SSSR count). The summed E-state index contributed by atoms with van der Waals surface area (Å²) in [5.74, 6) is 0.108. The number of carbonyl (C=O) groups excluding carboxylic acids is 3. The third kappa shape index (κ3) is 5.69. The Labute approximate surface area is 212 Å². The zero-order valence-electron chi connectivity index (χ0n) is 19.6. The van der Waals surface area contributed by atoms with Gasteiger partial charge in [-0.15, -0.1) is 0 Å². The maximum absolute atomic E-state index is 12.9. The van der Waals surface area contributed by atoms with Gasteiger partial charge >= 0.3 is 12.0 Å². The van der Waals surface area contributed by atoms with Crippen molar-refractivity contribution in [2.45, 2.75) is 20.1 Å². The van der Waals surface area contributed by atoms with E-state index >= 15 is 0 Å². The number of nitrogens with zero attached hydrogens (tertiary/aromatic N) is 1. The molecular formula is C26H23ClN2O7. The monoisotopic (exact) mass is 510 g/mol. The number of urea groups is 1. The van der Waals surface area contributed by atoms with Crippen LogP contribution >= 0.6 is 11.6 Å². The number of ether oxygens (including phenoxy) is 3. The van der Waals surface area contributed by atoms with E-state index in [1.807, 2.05) is 19.1 Å². The van der Waals surface area contributed by atoms with E-state index in [2.05, 4.69) is 10.1 Å². The maximum Gasteiger partial charge on any atom is 0.373 e. The van der Waals surface area contributed by atoms with Crippen molar-refractivity contribution in [2.75, 3.05) is 13.7 Å². The molecular weight excluding hydrogens is 488 g/mol. The normalized spacial score (nSPS) is 14.2. The van der Waals surface area contributed by atoms with Gasteiger partial charge in [0.25, 0.3) is 5.91 Å². The second-order valence-electron chi connectivity index (χ2n) is 7.69. The molecule has 0 unspecified atom stereocenters. The minimum Gasteiger partial charge on any atom is -0.490 e. The first-order chi connectivity index (χ1) is 17.4. The van der Waals surface area contributed by atoms with Crippen LogP contribution in [0.25, 0.3) is 6.08 Å². The summed E-state index contributed by atoms with van der Waals surface area (Å²) in [7, 11) is 1.23. The summed E-state index contributed by atoms with van der Waals surface area (Å²) in [6.07, 6.45) is 1.55. The molecule has 3 amide bonds. The lowest BCUT2D eigenvalue weighted by Gasteiger charge is -2.13. The number of carbonyl (C=O) groups is 3. The summed E-state index contributed by atoms with van der Waals surface area (Å²) in [6, 6.07) is 14.9. The number of amides is 3. The average molecular weight is 511 g/mol. The molecule has 1 N–H and O–H groups in total. The highest BCUT2D eigenvalue weighted by atomic mass is 35.5. The molecule has 9 nitrogen and oxygen atoms in total. The number of rotatable bonds is 9. The van der Waals surface area contributed by atoms with Gasteiger partial charge in [-0.2, -0.15) is 0 Å². The molecule has 0 bridgehead atoms. The number of hydrogen-bond acceptors (Lipinski definition) is 7. The minimum atomic E-state index is -0.648. The average Bonchev–Trinajstić information content (AvgIpc) is 3.45. The smallest absolute Gasteiger partial charge is 0.373 e. The fourth-order valence-corrected chi connectivity index (χ4v) is 3.58. The maximum atomic E-state index is 12.9. The molecule has 186 valence electrons. The van der Waals surface area contributed by atoms with Crippen molar-refractivity contribution in [3.05, 3.63) is 88.0 Å². The van der Waals surface area contributed by atoms with Crippen LogP contribution in [-0.4, -0.2) is 36.5 Å². The van der Waals surface area contributed by atoms with Crippen LogP contribution in [0, 0.1) is 0 Å². The van der Waals surface area contributed by atoms with Crippen LogP contribution in [0.1, 0.15) is 34.4 Å². The molecule has 3 aromatic rings. The number of nitrogens with one attached hydrogen (secondary N) is 1. The Balaban J connectivity index is 1.48. The van der Waals surface area contributed by atoms with E-state index in [0.717, 1.165) is 10.5 Å². The number of benzene rings is 2. The largest absolute Gasteiger partial charge is 0.490 e. The first-order valence-corrected chi connectivity index (χ1v) is 11.4. The van der Waals surface area contributed by atoms with Gasteiger partial charge < -0.3 is 23.9 Å². The predicted octanol–water partition coefficient (Wildman–Crippen LogP) is 4.79. The van der Waals surface area contributed by atoms with Gasteiger partial charge in [0.05, 0.1) is 20.3 Å². The second-order valence-corrected chi connectivity index (χ2v) is 8.13. The summed E-state index contributed by atoms with van der Waals surface area (Å²) in [5, 5.41) is 3.21. The number of esters is 1. The lowest BCUT2D eigenvalue weighted by atomic mass is 10.1. The molecule has 1 saturated heterocycles. The van der Waals surface area contributed by atoms with Gasteiger partial charge in [0.2, 0.25) is 5.76 Å². The molecule has 36 heavy (non-hydrogen) atoms. The summed E-state index contributed by atoms with van der Waals surface area (Å²) < 4.78 is 21.6. The topological polar surface area (TPSA) is 107 Å². The van der Waals surface area contributed by atoms with Crippen molar-refractivity contribution in [1.82, 2.24) is 10.2 Å². The van der Waals surface area contributed by atoms with E-state index in [9.17, 15) is 14.4 Å². The van der Waals surface area contributed by atoms with Gasteiger partial charge in [0.15, 0.2) is 11.5 Å². The number of methoxy groups -OCH3 is 1. The first-order valence-electron chi connectivity index (χ1n) is 11.0. The van der Waals surface area contributed by atoms with Gasteiger partial charge in [-0.1, -0.05) is 29.8 Å². The second kappa shape index (κ2) is 11.0. The Morgan fingerprint density at radius 3 is 2.56 bits per heavy atom. The molecule has 0 atom stereocenters. The van der Waals surface area contributed by atoms with Gasteiger partial charge in [0.1, 0.15) is 18.1 Å². The fraction of sp³-hybridized carbons (Fsp3) is 0.192. The fourth-order valence-electron chi connectivity index (χ4n) is 3.45. The molecule has 0 saturated carbocycles. The van der Waals surface area contributed by atoms with Crippen molar-refractivity contribution < 1.29 is 33.0 Å². The van der Waals surface area contributed by atoms with E-state index in [4.69, 9.17) is 25.5 Å². The zero-order valence-corrected chi connectivity index (χ0v) is 20.3. The summed E-state index contributed by atoms with van der Waals surface area (Å²) in [4.78, 5) is 37.8. The molecule has 1 aromatic heterocycles. The van der Waals surface area contributed by atoms with Crippen LogP contribution in [-0.2, 0) is 22.7 Å². The van der Waals surface area contributed by atoms with Crippen LogP contribution in [0.15, 0.2) is 64.7 Å². The van der Waals surface area contributed by atoms with E-state index in [0.29, 0.717) is 35.3 Å². The molecule has 0 radical (unpaired) electrons. The third-order valence-corrected chi connectivity index (χ3v) is 5.46. The minimum absolute atomic E-state index is 0.0165. The number of halogens is 1. The van der Waals surface area contributed by atoms with Gasteiger partial charge in [-0.3, -0.25) is 9.69 Å². The van der Waals surface area contributed by atoms with Crippen molar-refractivity contribution in [2.24, 2.45) is 0 Å². The van der Waals surface area contributed by atoms with Gasteiger partial charge in [-0.05, 0) is 60.5 Å². The highest BCUT2D eigenvalue weighted by molar-refractivity contribution is 6.30. The first kappa shape index (κ1) is 24.9. The van der Waals surface area contributed by atoms with Crippen molar-refractivity contribution in [3.63, 3.8) is 0 Å². The molecule has 10 heteroatoms. The van der Waals surface area contributed by atoms with E-state index in [1.165, 1.54) is 19.2 Å². The molecule has 1 aliphatic rings. The van der Waals surface area contributed by atoms with E-state index in [-0.39, 0.29) is 23.8 Å². The molecule has 2 aromatic carbocycles. The highest BCUT2D eigenvalue weighted by Gasteiger charge is 2.34. The Kier molecular flexibility index (Phi) is 7.60. The van der Waals surface area contributed by atoms with Crippen molar-refractivity contribution in [3.8, 4) is 11.5 Å². The van der Waals surface area contributed by atoms with Crippen LogP contribution in [0.2, 0.25) is 5.02 Å². The van der Waals surface area contributed by atoms with Crippen LogP contribution in [0.5, 0.6) is 11.5 Å². The Morgan fingerprint density at radius 2 is 1.83 bits per heavy atom. The SMILES string of the molecule is CCOc1cc(/C=C2\NC(=O)N(Cc3ccc(C(=O)OC)o3)C2=O)ccc1OCc1ccc(Cl)cc1. The molecule has 1 fully saturated rings. The van der Waals surface area contributed by atoms with E-state index < -0.39 is 17.9 Å². The molecule has 0 spiro atoms. The van der Waals surface area contributed by atoms with Gasteiger partial charge in [-0.25, -0.2) is 9.59 Å². The predicted molar refractivity (Wildman–Crippen MR) is 131 cm³/mol. The molecule has 2 heterocycles. The van der Waals surface area contributed by atoms with E-state index in [1.54, 1.807) is 36.4 Å². The van der Waals surface area contributed by atoms with Crippen LogP contribution < -0.4 is 14.8 Å². The molecule has 0 aliphatic carbocycles. The van der Waals surface area contributed by atoms with Crippen LogP contribution in [0.4, 0.5) is 4.79 Å². The summed E-state index contributed by atoms with van der Waals surface area (Å²) in [5.41, 5.74) is 1.67. The van der Waals surface area contributed by atoms with Gasteiger partial charge in [0, 0.05) is 5.02 Å². The lowest BCUT2D eigenvalue weighted by molar-refractivity contribution is -0.123.